The summed E-state index contributed by atoms with van der Waals surface area (Å²) in [7, 11) is 0. The van der Waals surface area contributed by atoms with Gasteiger partial charge in [0.05, 0.1) is 25.4 Å². The van der Waals surface area contributed by atoms with Gasteiger partial charge in [-0.15, -0.1) is 0 Å². The van der Waals surface area contributed by atoms with E-state index in [9.17, 15) is 15.3 Å². The van der Waals surface area contributed by atoms with Crippen LogP contribution in [0.4, 0.5) is 0 Å². The molecule has 0 spiro atoms. The first-order valence-corrected chi connectivity index (χ1v) is 4.61. The molecule has 0 aromatic rings. The van der Waals surface area contributed by atoms with Gasteiger partial charge in [0.25, 0.3) is 0 Å². The second-order valence-electron chi connectivity index (χ2n) is 3.52. The van der Waals surface area contributed by atoms with Gasteiger partial charge >= 0.3 is 0 Å². The van der Waals surface area contributed by atoms with Crippen LogP contribution >= 0.6 is 0 Å². The van der Waals surface area contributed by atoms with Gasteiger partial charge in [-0.2, -0.15) is 0 Å². The van der Waals surface area contributed by atoms with Crippen molar-refractivity contribution in [3.05, 3.63) is 0 Å². The number of piperidine rings is 1. The molecule has 1 rings (SSSR count). The smallest absolute Gasteiger partial charge is 0.109 e. The number of hydrogen-bond acceptors (Lipinski definition) is 6. The third kappa shape index (κ3) is 2.22. The Hall–Kier alpha value is -0.240. The zero-order valence-electron chi connectivity index (χ0n) is 7.82. The SMILES string of the molecule is OCCN1C[C@@H](O)[C@@H](O)[C@H](O)[C@@H]1CO. The first-order valence-electron chi connectivity index (χ1n) is 4.61. The van der Waals surface area contributed by atoms with E-state index in [1.54, 1.807) is 4.90 Å². The second kappa shape index (κ2) is 5.01. The highest BCUT2D eigenvalue weighted by atomic mass is 16.4. The fourth-order valence-corrected chi connectivity index (χ4v) is 1.76. The molecule has 0 amide bonds. The summed E-state index contributed by atoms with van der Waals surface area (Å²) in [6, 6.07) is -0.624. The number of likely N-dealkylation sites (tertiary alicyclic amines) is 1. The summed E-state index contributed by atoms with van der Waals surface area (Å²) in [4.78, 5) is 1.56. The Kier molecular flexibility index (Phi) is 4.24. The lowest BCUT2D eigenvalue weighted by Gasteiger charge is -2.42. The minimum atomic E-state index is -1.23. The number of nitrogens with zero attached hydrogens (tertiary/aromatic N) is 1. The Labute approximate surface area is 82.0 Å². The van der Waals surface area contributed by atoms with Gasteiger partial charge in [-0.3, -0.25) is 4.90 Å². The summed E-state index contributed by atoms with van der Waals surface area (Å²) in [5, 5.41) is 45.9. The molecule has 0 bridgehead atoms. The Balaban J connectivity index is 2.66. The third-order valence-electron chi connectivity index (χ3n) is 2.60. The molecule has 6 nitrogen and oxygen atoms in total. The lowest BCUT2D eigenvalue weighted by Crippen LogP contribution is -2.62. The van der Waals surface area contributed by atoms with E-state index in [1.807, 2.05) is 0 Å². The zero-order chi connectivity index (χ0) is 10.7. The van der Waals surface area contributed by atoms with Gasteiger partial charge in [0.15, 0.2) is 0 Å². The predicted octanol–water partition coefficient (Wildman–Crippen LogP) is -3.26. The molecule has 14 heavy (non-hydrogen) atoms. The van der Waals surface area contributed by atoms with Crippen molar-refractivity contribution < 1.29 is 25.5 Å². The van der Waals surface area contributed by atoms with Crippen LogP contribution < -0.4 is 0 Å². The number of β-amino-alcohol motifs (C(OH)–C–C–N with tert-alkyl or cyclic N) is 2. The van der Waals surface area contributed by atoms with Crippen molar-refractivity contribution in [3.8, 4) is 0 Å². The molecule has 1 aliphatic heterocycles. The van der Waals surface area contributed by atoms with Crippen LogP contribution in [0.3, 0.4) is 0 Å². The molecule has 1 heterocycles. The summed E-state index contributed by atoms with van der Waals surface area (Å²) < 4.78 is 0. The van der Waals surface area contributed by atoms with Crippen LogP contribution in [0.15, 0.2) is 0 Å². The fourth-order valence-electron chi connectivity index (χ4n) is 1.76. The molecule has 0 aliphatic carbocycles. The molecule has 5 N–H and O–H groups in total. The largest absolute Gasteiger partial charge is 0.395 e. The van der Waals surface area contributed by atoms with Crippen molar-refractivity contribution in [2.75, 3.05) is 26.3 Å². The maximum Gasteiger partial charge on any atom is 0.109 e. The Bertz CT molecular complexity index is 179. The van der Waals surface area contributed by atoms with E-state index >= 15 is 0 Å². The standard InChI is InChI=1S/C8H17NO5/c10-2-1-9-3-6(12)8(14)7(13)5(9)4-11/h5-8,10-14H,1-4H2/t5-,6+,7+,8+/m0/s1. The third-order valence-corrected chi connectivity index (χ3v) is 2.60. The molecule has 0 saturated carbocycles. The summed E-state index contributed by atoms with van der Waals surface area (Å²) in [5.41, 5.74) is 0. The average Bonchev–Trinajstić information content (AvgIpc) is 2.16. The highest BCUT2D eigenvalue weighted by molar-refractivity contribution is 4.93. The second-order valence-corrected chi connectivity index (χ2v) is 3.52. The number of hydrogen-bond donors (Lipinski definition) is 5. The van der Waals surface area contributed by atoms with Crippen molar-refractivity contribution in [2.24, 2.45) is 0 Å². The van der Waals surface area contributed by atoms with Crippen molar-refractivity contribution >= 4 is 0 Å². The molecule has 4 atom stereocenters. The molecule has 84 valence electrons. The molecule has 6 heteroatoms. The molecule has 0 radical (unpaired) electrons. The van der Waals surface area contributed by atoms with Crippen LogP contribution in [0.5, 0.6) is 0 Å². The van der Waals surface area contributed by atoms with Gasteiger partial charge in [0.2, 0.25) is 0 Å². The lowest BCUT2D eigenvalue weighted by atomic mass is 9.94. The van der Waals surface area contributed by atoms with E-state index in [0.29, 0.717) is 0 Å². The molecular formula is C8H17NO5. The highest BCUT2D eigenvalue weighted by Crippen LogP contribution is 2.18. The Morgan fingerprint density at radius 1 is 1.07 bits per heavy atom. The van der Waals surface area contributed by atoms with E-state index in [0.717, 1.165) is 0 Å². The molecule has 1 fully saturated rings. The van der Waals surface area contributed by atoms with Crippen LogP contribution in [-0.2, 0) is 0 Å². The average molecular weight is 207 g/mol. The van der Waals surface area contributed by atoms with Gasteiger partial charge in [-0.1, -0.05) is 0 Å². The van der Waals surface area contributed by atoms with Crippen molar-refractivity contribution in [2.45, 2.75) is 24.4 Å². The van der Waals surface area contributed by atoms with Crippen LogP contribution in [0.1, 0.15) is 0 Å². The summed E-state index contributed by atoms with van der Waals surface area (Å²) >= 11 is 0. The number of rotatable bonds is 3. The van der Waals surface area contributed by atoms with Gasteiger partial charge < -0.3 is 25.5 Å². The van der Waals surface area contributed by atoms with Crippen LogP contribution in [-0.4, -0.2) is 81.1 Å². The van der Waals surface area contributed by atoms with E-state index in [-0.39, 0.29) is 26.3 Å². The summed E-state index contributed by atoms with van der Waals surface area (Å²) in [5.74, 6) is 0. The first kappa shape index (κ1) is 11.8. The lowest BCUT2D eigenvalue weighted by molar-refractivity contribution is -0.146. The predicted molar refractivity (Wildman–Crippen MR) is 47.6 cm³/mol. The van der Waals surface area contributed by atoms with Crippen molar-refractivity contribution in [1.29, 1.82) is 0 Å². The zero-order valence-corrected chi connectivity index (χ0v) is 7.82. The monoisotopic (exact) mass is 207 g/mol. The molecule has 1 saturated heterocycles. The van der Waals surface area contributed by atoms with Gasteiger partial charge in [-0.05, 0) is 0 Å². The van der Waals surface area contributed by atoms with Gasteiger partial charge in [0, 0.05) is 13.1 Å². The maximum absolute atomic E-state index is 9.51. The Morgan fingerprint density at radius 2 is 1.71 bits per heavy atom. The topological polar surface area (TPSA) is 104 Å². The summed E-state index contributed by atoms with van der Waals surface area (Å²) in [6.45, 7) is -0.0347. The molecular weight excluding hydrogens is 190 g/mol. The van der Waals surface area contributed by atoms with Crippen molar-refractivity contribution in [3.63, 3.8) is 0 Å². The maximum atomic E-state index is 9.51. The van der Waals surface area contributed by atoms with E-state index in [4.69, 9.17) is 10.2 Å². The number of aliphatic hydroxyl groups excluding tert-OH is 5. The minimum Gasteiger partial charge on any atom is -0.395 e. The van der Waals surface area contributed by atoms with E-state index < -0.39 is 24.4 Å². The summed E-state index contributed by atoms with van der Waals surface area (Å²) in [6.07, 6.45) is -3.46. The van der Waals surface area contributed by atoms with Gasteiger partial charge in [-0.25, -0.2) is 0 Å². The van der Waals surface area contributed by atoms with Crippen LogP contribution in [0.2, 0.25) is 0 Å². The first-order chi connectivity index (χ1) is 6.61. The minimum absolute atomic E-state index is 0.119. The van der Waals surface area contributed by atoms with Gasteiger partial charge in [0.1, 0.15) is 12.2 Å². The normalized spacial score (nSPS) is 40.1. The molecule has 0 aromatic heterocycles. The van der Waals surface area contributed by atoms with E-state index in [1.165, 1.54) is 0 Å². The Morgan fingerprint density at radius 3 is 2.21 bits per heavy atom. The molecule has 0 aromatic carbocycles. The molecule has 1 aliphatic rings. The van der Waals surface area contributed by atoms with Crippen LogP contribution in [0.25, 0.3) is 0 Å². The quantitative estimate of drug-likeness (QED) is 0.333. The fraction of sp³-hybridized carbons (Fsp3) is 1.00. The number of aliphatic hydroxyl groups is 5. The highest BCUT2D eigenvalue weighted by Gasteiger charge is 2.40. The van der Waals surface area contributed by atoms with E-state index in [2.05, 4.69) is 0 Å². The molecule has 0 unspecified atom stereocenters. The van der Waals surface area contributed by atoms with Crippen molar-refractivity contribution in [1.82, 2.24) is 4.90 Å². The van der Waals surface area contributed by atoms with Crippen LogP contribution in [0, 0.1) is 0 Å².